The number of halogens is 5. The van der Waals surface area contributed by atoms with E-state index < -0.39 is 65.1 Å². The van der Waals surface area contributed by atoms with Crippen molar-refractivity contribution < 1.29 is 55.7 Å². The number of hydrogen-bond acceptors (Lipinski definition) is 6. The Kier molecular flexibility index (Phi) is 9.00. The molecule has 0 radical (unpaired) electrons. The molecule has 2 aromatic carbocycles. The molecule has 1 aliphatic carbocycles. The average Bonchev–Trinajstić information content (AvgIpc) is 3.38. The SMILES string of the molecule is COc1cc(F)c(OC2CCC(C(=O)O)CC2)cc1C(=O)NC1COCC1C(=O)Nc1ccc(F)c(C(F)(F)F)c1. The van der Waals surface area contributed by atoms with Crippen LogP contribution in [0.5, 0.6) is 11.5 Å². The molecule has 2 aromatic rings. The minimum atomic E-state index is -4.97. The zero-order chi connectivity index (χ0) is 29.9. The van der Waals surface area contributed by atoms with Gasteiger partial charge in [0.2, 0.25) is 5.91 Å². The van der Waals surface area contributed by atoms with E-state index in [-0.39, 0.29) is 36.0 Å². The molecular weight excluding hydrogens is 559 g/mol. The van der Waals surface area contributed by atoms with E-state index in [4.69, 9.17) is 19.3 Å². The summed E-state index contributed by atoms with van der Waals surface area (Å²) in [5.74, 6) is -6.56. The highest BCUT2D eigenvalue weighted by molar-refractivity contribution is 5.99. The van der Waals surface area contributed by atoms with Crippen molar-refractivity contribution in [2.75, 3.05) is 25.6 Å². The van der Waals surface area contributed by atoms with Gasteiger partial charge in [-0.1, -0.05) is 0 Å². The number of carbonyl (C=O) groups is 3. The lowest BCUT2D eigenvalue weighted by Crippen LogP contribution is -2.44. The number of aliphatic carboxylic acids is 1. The summed E-state index contributed by atoms with van der Waals surface area (Å²) >= 11 is 0. The molecule has 4 rings (SSSR count). The van der Waals surface area contributed by atoms with Crippen molar-refractivity contribution in [2.24, 2.45) is 11.8 Å². The smallest absolute Gasteiger partial charge is 0.419 e. The van der Waals surface area contributed by atoms with Gasteiger partial charge < -0.3 is 30.0 Å². The fourth-order valence-corrected chi connectivity index (χ4v) is 4.84. The number of alkyl halides is 3. The van der Waals surface area contributed by atoms with Crippen LogP contribution in [0.15, 0.2) is 30.3 Å². The van der Waals surface area contributed by atoms with Crippen molar-refractivity contribution in [2.45, 2.75) is 44.0 Å². The third kappa shape index (κ3) is 7.04. The maximum absolute atomic E-state index is 14.7. The Labute approximate surface area is 230 Å². The van der Waals surface area contributed by atoms with Crippen LogP contribution in [0.2, 0.25) is 0 Å². The maximum Gasteiger partial charge on any atom is 0.419 e. The lowest BCUT2D eigenvalue weighted by Gasteiger charge is -2.27. The molecule has 2 atom stereocenters. The molecule has 0 bridgehead atoms. The van der Waals surface area contributed by atoms with E-state index in [0.29, 0.717) is 37.8 Å². The summed E-state index contributed by atoms with van der Waals surface area (Å²) in [5.41, 5.74) is -1.94. The van der Waals surface area contributed by atoms with Crippen LogP contribution in [0, 0.1) is 23.5 Å². The molecule has 0 aromatic heterocycles. The fourth-order valence-electron chi connectivity index (χ4n) is 4.84. The molecule has 1 saturated heterocycles. The van der Waals surface area contributed by atoms with Crippen molar-refractivity contribution in [1.82, 2.24) is 5.32 Å². The zero-order valence-electron chi connectivity index (χ0n) is 21.7. The van der Waals surface area contributed by atoms with Crippen LogP contribution in [0.3, 0.4) is 0 Å². The standard InChI is InChI=1S/C27H27F5N2O7/c1-39-22-10-20(29)23(41-15-5-2-13(3-6-15)26(37)38)9-16(22)24(35)34-21-12-40-11-17(21)25(36)33-14-4-7-19(28)18(8-14)27(30,31)32/h4,7-10,13,15,17,21H,2-3,5-6,11-12H2,1H3,(H,33,36)(H,34,35)(H,37,38). The van der Waals surface area contributed by atoms with Gasteiger partial charge in [-0.05, 0) is 49.9 Å². The van der Waals surface area contributed by atoms with Crippen LogP contribution in [0.1, 0.15) is 41.6 Å². The van der Waals surface area contributed by atoms with Gasteiger partial charge in [0, 0.05) is 11.8 Å². The van der Waals surface area contributed by atoms with Crippen molar-refractivity contribution in [3.63, 3.8) is 0 Å². The molecule has 14 heteroatoms. The number of nitrogens with one attached hydrogen (secondary N) is 2. The number of amides is 2. The van der Waals surface area contributed by atoms with Crippen LogP contribution in [0.4, 0.5) is 27.6 Å². The van der Waals surface area contributed by atoms with Gasteiger partial charge in [0.05, 0.1) is 55.4 Å². The van der Waals surface area contributed by atoms with E-state index in [1.165, 1.54) is 7.11 Å². The van der Waals surface area contributed by atoms with Crippen molar-refractivity contribution >= 4 is 23.5 Å². The topological polar surface area (TPSA) is 123 Å². The number of carboxylic acid groups (broad SMARTS) is 1. The Morgan fingerprint density at radius 2 is 1.68 bits per heavy atom. The highest BCUT2D eigenvalue weighted by atomic mass is 19.4. The minimum Gasteiger partial charge on any atom is -0.496 e. The number of anilines is 1. The van der Waals surface area contributed by atoms with Gasteiger partial charge in [-0.25, -0.2) is 8.78 Å². The van der Waals surface area contributed by atoms with Crippen LogP contribution < -0.4 is 20.1 Å². The van der Waals surface area contributed by atoms with Crippen LogP contribution >= 0.6 is 0 Å². The predicted molar refractivity (Wildman–Crippen MR) is 133 cm³/mol. The van der Waals surface area contributed by atoms with Gasteiger partial charge in [0.25, 0.3) is 5.91 Å². The first-order valence-corrected chi connectivity index (χ1v) is 12.7. The lowest BCUT2D eigenvalue weighted by molar-refractivity contribution is -0.143. The van der Waals surface area contributed by atoms with Gasteiger partial charge in [-0.2, -0.15) is 13.2 Å². The number of rotatable bonds is 8. The molecule has 2 unspecified atom stereocenters. The second-order valence-corrected chi connectivity index (χ2v) is 9.82. The van der Waals surface area contributed by atoms with Gasteiger partial charge in [-0.3, -0.25) is 14.4 Å². The van der Waals surface area contributed by atoms with E-state index in [0.717, 1.165) is 18.2 Å². The monoisotopic (exact) mass is 586 g/mol. The van der Waals surface area contributed by atoms with Crippen molar-refractivity contribution in [3.8, 4) is 11.5 Å². The Bertz CT molecular complexity index is 1310. The normalized spacial score (nSPS) is 22.6. The first-order valence-electron chi connectivity index (χ1n) is 12.7. The minimum absolute atomic E-state index is 0.0965. The zero-order valence-corrected chi connectivity index (χ0v) is 21.7. The molecule has 2 aliphatic rings. The second kappa shape index (κ2) is 12.3. The van der Waals surface area contributed by atoms with Gasteiger partial charge in [0.1, 0.15) is 11.6 Å². The van der Waals surface area contributed by atoms with E-state index in [9.17, 15) is 36.3 Å². The van der Waals surface area contributed by atoms with E-state index in [1.54, 1.807) is 0 Å². The van der Waals surface area contributed by atoms with Gasteiger partial charge >= 0.3 is 12.1 Å². The quantitative estimate of drug-likeness (QED) is 0.392. The molecule has 3 N–H and O–H groups in total. The summed E-state index contributed by atoms with van der Waals surface area (Å²) in [7, 11) is 1.23. The fraction of sp³-hybridized carbons (Fsp3) is 0.444. The first-order chi connectivity index (χ1) is 19.4. The summed E-state index contributed by atoms with van der Waals surface area (Å²) in [6.45, 7) is -0.251. The molecule has 0 spiro atoms. The summed E-state index contributed by atoms with van der Waals surface area (Å²) < 4.78 is 83.7. The summed E-state index contributed by atoms with van der Waals surface area (Å²) in [6.07, 6.45) is -3.91. The Morgan fingerprint density at radius 1 is 0.976 bits per heavy atom. The lowest BCUT2D eigenvalue weighted by atomic mass is 9.87. The molecular formula is C27H27F5N2O7. The highest BCUT2D eigenvalue weighted by Crippen LogP contribution is 2.34. The van der Waals surface area contributed by atoms with Gasteiger partial charge in [0.15, 0.2) is 11.6 Å². The van der Waals surface area contributed by atoms with Crippen LogP contribution in [-0.2, 0) is 20.5 Å². The number of ether oxygens (including phenoxy) is 3. The molecule has 222 valence electrons. The van der Waals surface area contributed by atoms with Crippen molar-refractivity contribution in [3.05, 3.63) is 53.1 Å². The van der Waals surface area contributed by atoms with Gasteiger partial charge in [-0.15, -0.1) is 0 Å². The Balaban J connectivity index is 1.45. The Hall–Kier alpha value is -3.94. The summed E-state index contributed by atoms with van der Waals surface area (Å²) in [6, 6.07) is 3.24. The van der Waals surface area contributed by atoms with E-state index in [1.807, 2.05) is 0 Å². The maximum atomic E-state index is 14.7. The van der Waals surface area contributed by atoms with Crippen LogP contribution in [-0.4, -0.2) is 55.4 Å². The van der Waals surface area contributed by atoms with E-state index >= 15 is 0 Å². The molecule has 2 fully saturated rings. The molecule has 1 aliphatic heterocycles. The third-order valence-electron chi connectivity index (χ3n) is 7.09. The largest absolute Gasteiger partial charge is 0.496 e. The predicted octanol–water partition coefficient (Wildman–Crippen LogP) is 4.40. The number of carbonyl (C=O) groups excluding carboxylic acids is 2. The Morgan fingerprint density at radius 3 is 2.32 bits per heavy atom. The molecule has 41 heavy (non-hydrogen) atoms. The number of methoxy groups -OCH3 is 1. The second-order valence-electron chi connectivity index (χ2n) is 9.82. The highest BCUT2D eigenvalue weighted by Gasteiger charge is 2.38. The first kappa shape index (κ1) is 30.0. The summed E-state index contributed by atoms with van der Waals surface area (Å²) in [4.78, 5) is 37.2. The van der Waals surface area contributed by atoms with Crippen LogP contribution in [0.25, 0.3) is 0 Å². The third-order valence-corrected chi connectivity index (χ3v) is 7.09. The molecule has 1 heterocycles. The molecule has 2 amide bonds. The molecule has 1 saturated carbocycles. The van der Waals surface area contributed by atoms with E-state index in [2.05, 4.69) is 10.6 Å². The van der Waals surface area contributed by atoms with Crippen molar-refractivity contribution in [1.29, 1.82) is 0 Å². The summed E-state index contributed by atoms with van der Waals surface area (Å²) in [5, 5.41) is 14.1. The average molecular weight is 587 g/mol. The number of benzene rings is 2. The number of hydrogen-bond donors (Lipinski definition) is 3. The molecule has 9 nitrogen and oxygen atoms in total. The number of carboxylic acids is 1.